The summed E-state index contributed by atoms with van der Waals surface area (Å²) in [4.78, 5) is 42.5. The molecule has 1 aromatic rings. The molecule has 1 unspecified atom stereocenters. The third-order valence-corrected chi connectivity index (χ3v) is 7.08. The van der Waals surface area contributed by atoms with Crippen LogP contribution in [0.1, 0.15) is 75.6 Å². The van der Waals surface area contributed by atoms with Gasteiger partial charge in [-0.15, -0.1) is 0 Å². The molecule has 0 bridgehead atoms. The van der Waals surface area contributed by atoms with Crippen LogP contribution in [-0.2, 0) is 4.79 Å². The molecule has 1 saturated heterocycles. The lowest BCUT2D eigenvalue weighted by Crippen LogP contribution is -2.48. The summed E-state index contributed by atoms with van der Waals surface area (Å²) in [6.07, 6.45) is 9.26. The van der Waals surface area contributed by atoms with Crippen molar-refractivity contribution in [1.29, 1.82) is 0 Å². The summed E-state index contributed by atoms with van der Waals surface area (Å²) < 4.78 is 5.91. The zero-order chi connectivity index (χ0) is 22.2. The van der Waals surface area contributed by atoms with Crippen LogP contribution in [-0.4, -0.2) is 45.9 Å². The van der Waals surface area contributed by atoms with Crippen molar-refractivity contribution in [2.45, 2.75) is 83.4 Å². The predicted molar refractivity (Wildman–Crippen MR) is 114 cm³/mol. The molecule has 31 heavy (non-hydrogen) atoms. The van der Waals surface area contributed by atoms with Crippen molar-refractivity contribution in [3.8, 4) is 5.88 Å². The number of primary amides is 1. The Morgan fingerprint density at radius 1 is 1.35 bits per heavy atom. The zero-order valence-corrected chi connectivity index (χ0v) is 18.3. The average Bonchev–Trinajstić information content (AvgIpc) is 3.29. The molecule has 2 aliphatic carbocycles. The van der Waals surface area contributed by atoms with E-state index in [4.69, 9.17) is 10.5 Å². The Hall–Kier alpha value is -2.64. The van der Waals surface area contributed by atoms with Crippen LogP contribution in [0.3, 0.4) is 0 Å². The first-order valence-electron chi connectivity index (χ1n) is 11.3. The maximum atomic E-state index is 12.9. The lowest BCUT2D eigenvalue weighted by molar-refractivity contribution is -0.130. The van der Waals surface area contributed by atoms with E-state index in [1.165, 1.54) is 17.7 Å². The van der Waals surface area contributed by atoms with Crippen LogP contribution >= 0.6 is 0 Å². The SMILES string of the molecule is C[C@@H](CC1(C)CC(Oc2ncccc2C(N)=O)C1)N1C(=O)NC(CC2CCCC2)C1=O. The van der Waals surface area contributed by atoms with E-state index in [1.54, 1.807) is 18.3 Å². The van der Waals surface area contributed by atoms with Gasteiger partial charge in [0, 0.05) is 12.2 Å². The minimum absolute atomic E-state index is 0.0458. The zero-order valence-electron chi connectivity index (χ0n) is 18.3. The quantitative estimate of drug-likeness (QED) is 0.618. The van der Waals surface area contributed by atoms with E-state index in [1.807, 2.05) is 6.92 Å². The number of pyridine rings is 1. The summed E-state index contributed by atoms with van der Waals surface area (Å²) >= 11 is 0. The van der Waals surface area contributed by atoms with Gasteiger partial charge in [0.05, 0.1) is 0 Å². The monoisotopic (exact) mass is 428 g/mol. The molecular weight excluding hydrogens is 396 g/mol. The Bertz CT molecular complexity index is 861. The number of nitrogens with one attached hydrogen (secondary N) is 1. The number of hydrogen-bond acceptors (Lipinski definition) is 5. The van der Waals surface area contributed by atoms with Gasteiger partial charge in [0.15, 0.2) is 0 Å². The molecule has 8 nitrogen and oxygen atoms in total. The molecule has 1 aliphatic heterocycles. The first-order valence-corrected chi connectivity index (χ1v) is 11.3. The van der Waals surface area contributed by atoms with Gasteiger partial charge >= 0.3 is 6.03 Å². The summed E-state index contributed by atoms with van der Waals surface area (Å²) in [5.41, 5.74) is 5.62. The molecule has 0 aromatic carbocycles. The Morgan fingerprint density at radius 2 is 2.06 bits per heavy atom. The topological polar surface area (TPSA) is 115 Å². The third-order valence-electron chi connectivity index (χ3n) is 7.08. The van der Waals surface area contributed by atoms with E-state index in [-0.39, 0.29) is 47.0 Å². The molecule has 0 radical (unpaired) electrons. The number of ether oxygens (including phenoxy) is 1. The normalized spacial score (nSPS) is 29.5. The van der Waals surface area contributed by atoms with E-state index in [0.717, 1.165) is 32.1 Å². The van der Waals surface area contributed by atoms with Crippen molar-refractivity contribution in [2.75, 3.05) is 0 Å². The molecule has 2 atom stereocenters. The van der Waals surface area contributed by atoms with Gasteiger partial charge in [-0.2, -0.15) is 0 Å². The maximum Gasteiger partial charge on any atom is 0.325 e. The van der Waals surface area contributed by atoms with Crippen molar-refractivity contribution in [2.24, 2.45) is 17.1 Å². The van der Waals surface area contributed by atoms with Crippen LogP contribution in [0.2, 0.25) is 0 Å². The number of carbonyl (C=O) groups is 3. The van der Waals surface area contributed by atoms with Gasteiger partial charge < -0.3 is 15.8 Å². The average molecular weight is 429 g/mol. The number of imide groups is 1. The van der Waals surface area contributed by atoms with Crippen molar-refractivity contribution in [1.82, 2.24) is 15.2 Å². The number of urea groups is 1. The van der Waals surface area contributed by atoms with E-state index in [2.05, 4.69) is 17.2 Å². The number of aromatic nitrogens is 1. The fourth-order valence-corrected chi connectivity index (χ4v) is 5.63. The van der Waals surface area contributed by atoms with E-state index in [0.29, 0.717) is 12.3 Å². The lowest BCUT2D eigenvalue weighted by Gasteiger charge is -2.46. The van der Waals surface area contributed by atoms with Crippen LogP contribution in [0.15, 0.2) is 18.3 Å². The predicted octanol–water partition coefficient (Wildman–Crippen LogP) is 3.01. The van der Waals surface area contributed by atoms with E-state index in [9.17, 15) is 14.4 Å². The molecule has 1 aromatic heterocycles. The van der Waals surface area contributed by atoms with Crippen molar-refractivity contribution < 1.29 is 19.1 Å². The second kappa shape index (κ2) is 8.48. The van der Waals surface area contributed by atoms with Gasteiger partial charge in [0.1, 0.15) is 17.7 Å². The number of carbonyl (C=O) groups excluding carboxylic acids is 3. The van der Waals surface area contributed by atoms with Crippen LogP contribution < -0.4 is 15.8 Å². The molecule has 4 rings (SSSR count). The first-order chi connectivity index (χ1) is 14.8. The fourth-order valence-electron chi connectivity index (χ4n) is 5.63. The summed E-state index contributed by atoms with van der Waals surface area (Å²) in [6, 6.07) is 2.43. The highest BCUT2D eigenvalue weighted by atomic mass is 16.5. The second-order valence-electron chi connectivity index (χ2n) is 9.83. The summed E-state index contributed by atoms with van der Waals surface area (Å²) in [6.45, 7) is 4.09. The number of amides is 4. The second-order valence-corrected chi connectivity index (χ2v) is 9.83. The van der Waals surface area contributed by atoms with Crippen LogP contribution in [0.25, 0.3) is 0 Å². The van der Waals surface area contributed by atoms with Gasteiger partial charge in [0.25, 0.3) is 11.8 Å². The largest absolute Gasteiger partial charge is 0.474 e. The van der Waals surface area contributed by atoms with Crippen LogP contribution in [0, 0.1) is 11.3 Å². The summed E-state index contributed by atoms with van der Waals surface area (Å²) in [7, 11) is 0. The summed E-state index contributed by atoms with van der Waals surface area (Å²) in [5, 5.41) is 2.90. The lowest BCUT2D eigenvalue weighted by atomic mass is 9.65. The molecule has 4 amide bonds. The fraction of sp³-hybridized carbons (Fsp3) is 0.652. The molecule has 3 fully saturated rings. The molecule has 168 valence electrons. The minimum Gasteiger partial charge on any atom is -0.474 e. The number of nitrogens with zero attached hydrogens (tertiary/aromatic N) is 2. The van der Waals surface area contributed by atoms with Gasteiger partial charge in [-0.05, 0) is 56.1 Å². The summed E-state index contributed by atoms with van der Waals surface area (Å²) in [5.74, 6) is 0.159. The third kappa shape index (κ3) is 4.52. The van der Waals surface area contributed by atoms with Gasteiger partial charge in [-0.1, -0.05) is 32.6 Å². The van der Waals surface area contributed by atoms with Crippen LogP contribution in [0.4, 0.5) is 4.79 Å². The number of rotatable bonds is 8. The Morgan fingerprint density at radius 3 is 2.74 bits per heavy atom. The molecule has 2 saturated carbocycles. The van der Waals surface area contributed by atoms with E-state index < -0.39 is 5.91 Å². The Labute approximate surface area is 182 Å². The minimum atomic E-state index is -0.565. The van der Waals surface area contributed by atoms with Crippen molar-refractivity contribution in [3.63, 3.8) is 0 Å². The van der Waals surface area contributed by atoms with Crippen molar-refractivity contribution >= 4 is 17.8 Å². The van der Waals surface area contributed by atoms with E-state index >= 15 is 0 Å². The Balaban J connectivity index is 1.31. The molecule has 8 heteroatoms. The molecular formula is C23H32N4O4. The molecule has 2 heterocycles. The molecule has 3 aliphatic rings. The highest BCUT2D eigenvalue weighted by molar-refractivity contribution is 6.04. The highest BCUT2D eigenvalue weighted by Crippen LogP contribution is 2.47. The van der Waals surface area contributed by atoms with Gasteiger partial charge in [-0.3, -0.25) is 14.5 Å². The standard InChI is InChI=1S/C23H32N4O4/c1-14(27-21(29)18(26-22(27)30)10-15-6-3-4-7-15)11-23(2)12-16(13-23)31-20-17(19(24)28)8-5-9-25-20/h5,8-9,14-16,18H,3-4,6-7,10-13H2,1-2H3,(H2,24,28)(H,26,30)/t14-,16?,18?,23?/m0/s1. The first kappa shape index (κ1) is 21.6. The van der Waals surface area contributed by atoms with Gasteiger partial charge in [0.2, 0.25) is 5.88 Å². The smallest absolute Gasteiger partial charge is 0.325 e. The molecule has 3 N–H and O–H groups in total. The highest BCUT2D eigenvalue weighted by Gasteiger charge is 2.47. The Kier molecular flexibility index (Phi) is 5.90. The van der Waals surface area contributed by atoms with Gasteiger partial charge in [-0.25, -0.2) is 9.78 Å². The number of hydrogen-bond donors (Lipinski definition) is 2. The number of nitrogens with two attached hydrogens (primary N) is 1. The van der Waals surface area contributed by atoms with Crippen molar-refractivity contribution in [3.05, 3.63) is 23.9 Å². The molecule has 0 spiro atoms. The maximum absolute atomic E-state index is 12.9. The van der Waals surface area contributed by atoms with Crippen LogP contribution in [0.5, 0.6) is 5.88 Å².